The predicted octanol–water partition coefficient (Wildman–Crippen LogP) is 4.39. The van der Waals surface area contributed by atoms with Crippen molar-refractivity contribution in [1.82, 2.24) is 9.97 Å². The maximum absolute atomic E-state index is 13.2. The summed E-state index contributed by atoms with van der Waals surface area (Å²) in [5, 5.41) is 0.298. The summed E-state index contributed by atoms with van der Waals surface area (Å²) in [5.74, 6) is 0.825. The molecule has 6 heteroatoms. The molecule has 3 nitrogen and oxygen atoms in total. The molecule has 2 rings (SSSR count). The van der Waals surface area contributed by atoms with Gasteiger partial charge in [0.05, 0.1) is 0 Å². The highest BCUT2D eigenvalue weighted by atomic mass is 79.9. The van der Waals surface area contributed by atoms with Gasteiger partial charge >= 0.3 is 0 Å². The third kappa shape index (κ3) is 3.40. The maximum atomic E-state index is 13.2. The van der Waals surface area contributed by atoms with Crippen LogP contribution >= 0.6 is 27.5 Å². The summed E-state index contributed by atoms with van der Waals surface area (Å²) in [6, 6.07) is 5.74. The lowest BCUT2D eigenvalue weighted by Gasteiger charge is -2.07. The van der Waals surface area contributed by atoms with Crippen LogP contribution in [0, 0.1) is 5.82 Å². The summed E-state index contributed by atoms with van der Waals surface area (Å²) in [7, 11) is 0. The third-order valence-electron chi connectivity index (χ3n) is 2.09. The monoisotopic (exact) mass is 330 g/mol. The van der Waals surface area contributed by atoms with Gasteiger partial charge < -0.3 is 4.74 Å². The van der Waals surface area contributed by atoms with E-state index in [0.29, 0.717) is 33.5 Å². The molecule has 0 amide bonds. The molecule has 0 bridgehead atoms. The Morgan fingerprint density at radius 3 is 2.72 bits per heavy atom. The zero-order chi connectivity index (χ0) is 13.1. The van der Waals surface area contributed by atoms with E-state index < -0.39 is 5.82 Å². The number of halogens is 3. The second-order valence-corrected chi connectivity index (χ2v) is 4.81. The molecule has 0 fully saturated rings. The summed E-state index contributed by atoms with van der Waals surface area (Å²) in [6.07, 6.45) is 0.643. The van der Waals surface area contributed by atoms with Gasteiger partial charge in [-0.25, -0.2) is 9.37 Å². The van der Waals surface area contributed by atoms with Gasteiger partial charge in [0.25, 0.3) is 0 Å². The van der Waals surface area contributed by atoms with E-state index in [1.165, 1.54) is 18.2 Å². The summed E-state index contributed by atoms with van der Waals surface area (Å²) in [6.45, 7) is 1.91. The van der Waals surface area contributed by atoms with E-state index in [-0.39, 0.29) is 0 Å². The number of aryl methyl sites for hydroxylation is 1. The van der Waals surface area contributed by atoms with Crippen molar-refractivity contribution >= 4 is 27.5 Å². The standard InChI is InChI=1S/C12H9BrClFN2O/c1-2-11-16-10(14)6-12(17-11)18-9-4-7(13)3-8(15)5-9/h3-6H,2H2,1H3. The van der Waals surface area contributed by atoms with Gasteiger partial charge in [-0.2, -0.15) is 4.98 Å². The Bertz CT molecular complexity index is 560. The lowest BCUT2D eigenvalue weighted by molar-refractivity contribution is 0.454. The van der Waals surface area contributed by atoms with Crippen LogP contribution in [0.4, 0.5) is 4.39 Å². The van der Waals surface area contributed by atoms with Crippen LogP contribution in [0.2, 0.25) is 5.15 Å². The lowest BCUT2D eigenvalue weighted by Crippen LogP contribution is -1.96. The van der Waals surface area contributed by atoms with Crippen molar-refractivity contribution in [3.8, 4) is 11.6 Å². The number of ether oxygens (including phenoxy) is 1. The molecule has 0 saturated carbocycles. The molecule has 1 heterocycles. The third-order valence-corrected chi connectivity index (χ3v) is 2.74. The zero-order valence-corrected chi connectivity index (χ0v) is 11.8. The van der Waals surface area contributed by atoms with Crippen LogP contribution in [0.15, 0.2) is 28.7 Å². The lowest BCUT2D eigenvalue weighted by atomic mass is 10.3. The van der Waals surface area contributed by atoms with Gasteiger partial charge in [-0.05, 0) is 12.1 Å². The van der Waals surface area contributed by atoms with Crippen LogP contribution < -0.4 is 4.74 Å². The molecule has 1 aromatic heterocycles. The van der Waals surface area contributed by atoms with E-state index >= 15 is 0 Å². The molecule has 0 unspecified atom stereocenters. The highest BCUT2D eigenvalue weighted by Crippen LogP contribution is 2.26. The van der Waals surface area contributed by atoms with E-state index in [1.807, 2.05) is 6.92 Å². The van der Waals surface area contributed by atoms with Gasteiger partial charge in [0.15, 0.2) is 0 Å². The van der Waals surface area contributed by atoms with Gasteiger partial charge in [-0.15, -0.1) is 0 Å². The molecular weight excluding hydrogens is 322 g/mol. The molecule has 0 saturated heterocycles. The first-order valence-electron chi connectivity index (χ1n) is 5.24. The van der Waals surface area contributed by atoms with E-state index in [2.05, 4.69) is 25.9 Å². The number of hydrogen-bond donors (Lipinski definition) is 0. The highest BCUT2D eigenvalue weighted by Gasteiger charge is 2.06. The van der Waals surface area contributed by atoms with Gasteiger partial charge in [0, 0.05) is 23.0 Å². The van der Waals surface area contributed by atoms with Crippen LogP contribution in [0.1, 0.15) is 12.7 Å². The largest absolute Gasteiger partial charge is 0.439 e. The summed E-state index contributed by atoms with van der Waals surface area (Å²) in [4.78, 5) is 8.17. The molecule has 1 aromatic carbocycles. The maximum Gasteiger partial charge on any atom is 0.224 e. The zero-order valence-electron chi connectivity index (χ0n) is 9.45. The fourth-order valence-electron chi connectivity index (χ4n) is 1.36. The Morgan fingerprint density at radius 2 is 2.06 bits per heavy atom. The van der Waals surface area contributed by atoms with Gasteiger partial charge in [-0.1, -0.05) is 34.5 Å². The second kappa shape index (κ2) is 5.63. The van der Waals surface area contributed by atoms with E-state index in [9.17, 15) is 4.39 Å². The Hall–Kier alpha value is -1.20. The fourth-order valence-corrected chi connectivity index (χ4v) is 2.00. The molecule has 0 aliphatic heterocycles. The average Bonchev–Trinajstić information content (AvgIpc) is 2.26. The van der Waals surface area contributed by atoms with Crippen LogP contribution in [0.5, 0.6) is 11.6 Å². The molecule has 0 atom stereocenters. The predicted molar refractivity (Wildman–Crippen MR) is 70.6 cm³/mol. The van der Waals surface area contributed by atoms with Crippen molar-refractivity contribution < 1.29 is 9.13 Å². The first-order valence-corrected chi connectivity index (χ1v) is 6.41. The fraction of sp³-hybridized carbons (Fsp3) is 0.167. The molecule has 2 aromatic rings. The normalized spacial score (nSPS) is 10.4. The van der Waals surface area contributed by atoms with Gasteiger partial charge in [0.2, 0.25) is 5.88 Å². The van der Waals surface area contributed by atoms with Crippen LogP contribution in [0.3, 0.4) is 0 Å². The molecule has 94 valence electrons. The van der Waals surface area contributed by atoms with Crippen molar-refractivity contribution in [2.75, 3.05) is 0 Å². The Labute approximate surface area is 117 Å². The van der Waals surface area contributed by atoms with Gasteiger partial charge in [-0.3, -0.25) is 0 Å². The van der Waals surface area contributed by atoms with Crippen LogP contribution in [-0.4, -0.2) is 9.97 Å². The number of nitrogens with zero attached hydrogens (tertiary/aromatic N) is 2. The molecule has 0 N–H and O–H groups in total. The van der Waals surface area contributed by atoms with Crippen molar-refractivity contribution in [3.05, 3.63) is 45.5 Å². The number of aromatic nitrogens is 2. The summed E-state index contributed by atoms with van der Waals surface area (Å²) in [5.41, 5.74) is 0. The Morgan fingerprint density at radius 1 is 1.28 bits per heavy atom. The Balaban J connectivity index is 2.30. The first kappa shape index (κ1) is 13.2. The van der Waals surface area contributed by atoms with Crippen molar-refractivity contribution in [3.63, 3.8) is 0 Å². The molecule has 18 heavy (non-hydrogen) atoms. The van der Waals surface area contributed by atoms with Gasteiger partial charge in [0.1, 0.15) is 22.5 Å². The summed E-state index contributed by atoms with van der Waals surface area (Å²) < 4.78 is 19.2. The molecule has 0 spiro atoms. The number of hydrogen-bond acceptors (Lipinski definition) is 3. The van der Waals surface area contributed by atoms with Crippen molar-refractivity contribution in [2.24, 2.45) is 0 Å². The average molecular weight is 332 g/mol. The van der Waals surface area contributed by atoms with Crippen LogP contribution in [-0.2, 0) is 6.42 Å². The van der Waals surface area contributed by atoms with E-state index in [1.54, 1.807) is 6.07 Å². The quantitative estimate of drug-likeness (QED) is 0.783. The van der Waals surface area contributed by atoms with E-state index in [0.717, 1.165) is 0 Å². The minimum absolute atomic E-state index is 0.296. The Kier molecular flexibility index (Phi) is 4.14. The molecule has 0 aliphatic rings. The first-order chi connectivity index (χ1) is 8.56. The van der Waals surface area contributed by atoms with Crippen molar-refractivity contribution in [2.45, 2.75) is 13.3 Å². The smallest absolute Gasteiger partial charge is 0.224 e. The molecule has 0 radical (unpaired) electrons. The van der Waals surface area contributed by atoms with Crippen LogP contribution in [0.25, 0.3) is 0 Å². The SMILES string of the molecule is CCc1nc(Cl)cc(Oc2cc(F)cc(Br)c2)n1. The number of benzene rings is 1. The van der Waals surface area contributed by atoms with E-state index in [4.69, 9.17) is 16.3 Å². The topological polar surface area (TPSA) is 35.0 Å². The second-order valence-electron chi connectivity index (χ2n) is 3.51. The van der Waals surface area contributed by atoms with Crippen molar-refractivity contribution in [1.29, 1.82) is 0 Å². The minimum Gasteiger partial charge on any atom is -0.439 e. The molecule has 0 aliphatic carbocycles. The molecular formula is C12H9BrClFN2O. The highest BCUT2D eigenvalue weighted by molar-refractivity contribution is 9.10. The summed E-state index contributed by atoms with van der Waals surface area (Å²) >= 11 is 9.03. The number of rotatable bonds is 3. The minimum atomic E-state index is -0.393.